The highest BCUT2D eigenvalue weighted by atomic mass is 32.1. The molecule has 2 aromatic rings. The van der Waals surface area contributed by atoms with Crippen LogP contribution in [0.2, 0.25) is 0 Å². The van der Waals surface area contributed by atoms with E-state index < -0.39 is 0 Å². The summed E-state index contributed by atoms with van der Waals surface area (Å²) in [6.07, 6.45) is 7.75. The van der Waals surface area contributed by atoms with Crippen LogP contribution >= 0.6 is 11.3 Å². The third-order valence-electron chi connectivity index (χ3n) is 5.49. The predicted octanol–water partition coefficient (Wildman–Crippen LogP) is 4.67. The molecule has 1 aliphatic heterocycles. The van der Waals surface area contributed by atoms with E-state index in [2.05, 4.69) is 4.98 Å². The van der Waals surface area contributed by atoms with Gasteiger partial charge < -0.3 is 14.2 Å². The predicted molar refractivity (Wildman–Crippen MR) is 105 cm³/mol. The zero-order valence-electron chi connectivity index (χ0n) is 15.6. The van der Waals surface area contributed by atoms with Crippen LogP contribution in [0.15, 0.2) is 24.4 Å². The van der Waals surface area contributed by atoms with Gasteiger partial charge in [0.1, 0.15) is 16.3 Å². The second-order valence-electron chi connectivity index (χ2n) is 7.24. The van der Waals surface area contributed by atoms with Crippen LogP contribution in [0.5, 0.6) is 5.75 Å². The van der Waals surface area contributed by atoms with Gasteiger partial charge in [-0.15, -0.1) is 11.3 Å². The molecule has 0 spiro atoms. The lowest BCUT2D eigenvalue weighted by Gasteiger charge is -2.23. The Morgan fingerprint density at radius 3 is 2.78 bits per heavy atom. The fourth-order valence-corrected chi connectivity index (χ4v) is 4.65. The van der Waals surface area contributed by atoms with Gasteiger partial charge in [0.15, 0.2) is 0 Å². The minimum absolute atomic E-state index is 0.380. The molecule has 1 saturated carbocycles. The molecule has 0 unspecified atom stereocenters. The van der Waals surface area contributed by atoms with Crippen LogP contribution < -0.4 is 4.74 Å². The molecule has 1 aromatic heterocycles. The van der Waals surface area contributed by atoms with Gasteiger partial charge in [0.05, 0.1) is 19.3 Å². The van der Waals surface area contributed by atoms with Crippen molar-refractivity contribution in [3.05, 3.63) is 34.8 Å². The molecule has 0 bridgehead atoms. The SMILES string of the molecule is COC(=O)c1cccc(-c2ncc(C3CCC3)s2)c1OCC1CCOCC1. The minimum Gasteiger partial charge on any atom is -0.492 e. The molecule has 6 heteroatoms. The molecule has 2 aliphatic rings. The maximum absolute atomic E-state index is 12.3. The van der Waals surface area contributed by atoms with E-state index in [0.29, 0.717) is 29.8 Å². The first-order chi connectivity index (χ1) is 13.3. The summed E-state index contributed by atoms with van der Waals surface area (Å²) in [5.41, 5.74) is 1.34. The van der Waals surface area contributed by atoms with Gasteiger partial charge in [-0.1, -0.05) is 12.5 Å². The highest BCUT2D eigenvalue weighted by Gasteiger charge is 2.25. The monoisotopic (exact) mass is 387 g/mol. The van der Waals surface area contributed by atoms with Crippen molar-refractivity contribution in [1.29, 1.82) is 0 Å². The summed E-state index contributed by atoms with van der Waals surface area (Å²) >= 11 is 1.71. The highest BCUT2D eigenvalue weighted by Crippen LogP contribution is 2.43. The van der Waals surface area contributed by atoms with Crippen LogP contribution in [-0.4, -0.2) is 37.9 Å². The van der Waals surface area contributed by atoms with Gasteiger partial charge >= 0.3 is 5.97 Å². The normalized spacial score (nSPS) is 18.1. The van der Waals surface area contributed by atoms with Crippen molar-refractivity contribution in [3.8, 4) is 16.3 Å². The lowest BCUT2D eigenvalue weighted by atomic mass is 9.85. The summed E-state index contributed by atoms with van der Waals surface area (Å²) in [5.74, 6) is 1.30. The standard InChI is InChI=1S/C21H25NO4S/c1-24-21(23)17-7-3-6-16(19(17)26-13-14-8-10-25-11-9-14)20-22-12-18(27-20)15-4-2-5-15/h3,6-7,12,14-15H,2,4-5,8-11,13H2,1H3. The Morgan fingerprint density at radius 2 is 2.07 bits per heavy atom. The highest BCUT2D eigenvalue weighted by molar-refractivity contribution is 7.15. The third kappa shape index (κ3) is 4.01. The maximum Gasteiger partial charge on any atom is 0.341 e. The van der Waals surface area contributed by atoms with Crippen molar-refractivity contribution < 1.29 is 19.0 Å². The first kappa shape index (κ1) is 18.4. The Hall–Kier alpha value is -1.92. The van der Waals surface area contributed by atoms with Crippen LogP contribution in [0.25, 0.3) is 10.6 Å². The van der Waals surface area contributed by atoms with Gasteiger partial charge in [0.25, 0.3) is 0 Å². The molecule has 1 aliphatic carbocycles. The van der Waals surface area contributed by atoms with Gasteiger partial charge in [0, 0.05) is 24.3 Å². The molecule has 0 radical (unpaired) electrons. The molecule has 1 aromatic carbocycles. The van der Waals surface area contributed by atoms with Crippen molar-refractivity contribution >= 4 is 17.3 Å². The van der Waals surface area contributed by atoms with E-state index in [0.717, 1.165) is 36.6 Å². The number of esters is 1. The van der Waals surface area contributed by atoms with Crippen LogP contribution in [0.3, 0.4) is 0 Å². The smallest absolute Gasteiger partial charge is 0.341 e. The lowest BCUT2D eigenvalue weighted by molar-refractivity contribution is 0.0484. The molecule has 0 amide bonds. The average molecular weight is 388 g/mol. The number of hydrogen-bond acceptors (Lipinski definition) is 6. The van der Waals surface area contributed by atoms with E-state index in [1.54, 1.807) is 17.4 Å². The second-order valence-corrected chi connectivity index (χ2v) is 8.30. The quantitative estimate of drug-likeness (QED) is 0.674. The number of nitrogens with zero attached hydrogens (tertiary/aromatic N) is 1. The van der Waals surface area contributed by atoms with Crippen molar-refractivity contribution in [3.63, 3.8) is 0 Å². The summed E-state index contributed by atoms with van der Waals surface area (Å²) in [6, 6.07) is 5.61. The van der Waals surface area contributed by atoms with E-state index in [-0.39, 0.29) is 5.97 Å². The second kappa shape index (κ2) is 8.40. The zero-order chi connectivity index (χ0) is 18.6. The van der Waals surface area contributed by atoms with Gasteiger partial charge in [-0.25, -0.2) is 9.78 Å². The van der Waals surface area contributed by atoms with Gasteiger partial charge in [-0.3, -0.25) is 0 Å². The Labute approximate surface area is 163 Å². The van der Waals surface area contributed by atoms with Gasteiger partial charge in [0.2, 0.25) is 0 Å². The van der Waals surface area contributed by atoms with Crippen molar-refractivity contribution in [2.45, 2.75) is 38.0 Å². The van der Waals surface area contributed by atoms with E-state index >= 15 is 0 Å². The minimum atomic E-state index is -0.380. The maximum atomic E-state index is 12.3. The topological polar surface area (TPSA) is 57.7 Å². The molecule has 27 heavy (non-hydrogen) atoms. The summed E-state index contributed by atoms with van der Waals surface area (Å²) in [4.78, 5) is 18.3. The molecule has 1 saturated heterocycles. The number of carbonyl (C=O) groups is 1. The first-order valence-electron chi connectivity index (χ1n) is 9.64. The summed E-state index contributed by atoms with van der Waals surface area (Å²) in [6.45, 7) is 2.12. The third-order valence-corrected chi connectivity index (χ3v) is 6.68. The number of carbonyl (C=O) groups excluding carboxylic acids is 1. The van der Waals surface area contributed by atoms with Crippen LogP contribution in [-0.2, 0) is 9.47 Å². The van der Waals surface area contributed by atoms with E-state index in [1.165, 1.54) is 31.2 Å². The van der Waals surface area contributed by atoms with Crippen LogP contribution in [0.1, 0.15) is 53.3 Å². The van der Waals surface area contributed by atoms with Crippen molar-refractivity contribution in [2.24, 2.45) is 5.92 Å². The molecular formula is C21H25NO4S. The Kier molecular flexibility index (Phi) is 5.74. The molecule has 5 nitrogen and oxygen atoms in total. The average Bonchev–Trinajstić information content (AvgIpc) is 3.14. The number of aromatic nitrogens is 1. The Balaban J connectivity index is 1.62. The number of para-hydroxylation sites is 1. The van der Waals surface area contributed by atoms with E-state index in [4.69, 9.17) is 14.2 Å². The molecular weight excluding hydrogens is 362 g/mol. The summed E-state index contributed by atoms with van der Waals surface area (Å²) in [5, 5.41) is 0.907. The van der Waals surface area contributed by atoms with Crippen molar-refractivity contribution in [1.82, 2.24) is 4.98 Å². The molecule has 2 fully saturated rings. The van der Waals surface area contributed by atoms with Gasteiger partial charge in [-0.2, -0.15) is 0 Å². The number of methoxy groups -OCH3 is 1. The fraction of sp³-hybridized carbons (Fsp3) is 0.524. The molecule has 144 valence electrons. The van der Waals surface area contributed by atoms with E-state index in [1.807, 2.05) is 18.3 Å². The summed E-state index contributed by atoms with van der Waals surface area (Å²) in [7, 11) is 1.40. The summed E-state index contributed by atoms with van der Waals surface area (Å²) < 4.78 is 16.6. The molecule has 0 N–H and O–H groups in total. The number of thiazole rings is 1. The lowest BCUT2D eigenvalue weighted by Crippen LogP contribution is -2.22. The number of rotatable bonds is 6. The number of hydrogen-bond donors (Lipinski definition) is 0. The zero-order valence-corrected chi connectivity index (χ0v) is 16.4. The van der Waals surface area contributed by atoms with Crippen LogP contribution in [0, 0.1) is 5.92 Å². The molecule has 4 rings (SSSR count). The van der Waals surface area contributed by atoms with Gasteiger partial charge in [-0.05, 0) is 49.7 Å². The number of benzene rings is 1. The Morgan fingerprint density at radius 1 is 1.26 bits per heavy atom. The van der Waals surface area contributed by atoms with Crippen LogP contribution in [0.4, 0.5) is 0 Å². The Bertz CT molecular complexity index is 793. The fourth-order valence-electron chi connectivity index (χ4n) is 3.54. The number of ether oxygens (including phenoxy) is 3. The largest absolute Gasteiger partial charge is 0.492 e. The molecule has 0 atom stereocenters. The molecule has 2 heterocycles. The van der Waals surface area contributed by atoms with E-state index in [9.17, 15) is 4.79 Å². The van der Waals surface area contributed by atoms with Crippen molar-refractivity contribution in [2.75, 3.05) is 26.9 Å². The first-order valence-corrected chi connectivity index (χ1v) is 10.5.